The highest BCUT2D eigenvalue weighted by atomic mass is 16.3. The molecular formula is C13H11N3O. The van der Waals surface area contributed by atoms with E-state index in [4.69, 9.17) is 5.26 Å². The van der Waals surface area contributed by atoms with E-state index in [0.717, 1.165) is 5.56 Å². The van der Waals surface area contributed by atoms with Gasteiger partial charge in [0, 0.05) is 18.3 Å². The Morgan fingerprint density at radius 2 is 2.06 bits per heavy atom. The Kier molecular flexibility index (Phi) is 3.22. The number of aromatic hydroxyl groups is 1. The van der Waals surface area contributed by atoms with Crippen LogP contribution < -0.4 is 5.32 Å². The van der Waals surface area contributed by atoms with E-state index in [-0.39, 0.29) is 5.75 Å². The minimum atomic E-state index is 0.231. The third-order valence-electron chi connectivity index (χ3n) is 2.37. The van der Waals surface area contributed by atoms with E-state index in [1.807, 2.05) is 12.1 Å². The van der Waals surface area contributed by atoms with E-state index in [2.05, 4.69) is 16.4 Å². The van der Waals surface area contributed by atoms with E-state index in [1.165, 1.54) is 0 Å². The first kappa shape index (κ1) is 11.0. The van der Waals surface area contributed by atoms with Gasteiger partial charge in [0.05, 0.1) is 5.56 Å². The summed E-state index contributed by atoms with van der Waals surface area (Å²) in [4.78, 5) is 4.08. The second-order valence-electron chi connectivity index (χ2n) is 3.49. The molecule has 2 rings (SSSR count). The smallest absolute Gasteiger partial charge is 0.144 e. The van der Waals surface area contributed by atoms with Crippen LogP contribution in [-0.4, -0.2) is 10.1 Å². The number of nitrogens with zero attached hydrogens (tertiary/aromatic N) is 2. The molecule has 2 aromatic rings. The summed E-state index contributed by atoms with van der Waals surface area (Å²) in [6.07, 6.45) is 1.62. The van der Waals surface area contributed by atoms with Gasteiger partial charge < -0.3 is 10.4 Å². The van der Waals surface area contributed by atoms with Crippen LogP contribution in [0.25, 0.3) is 0 Å². The summed E-state index contributed by atoms with van der Waals surface area (Å²) >= 11 is 0. The topological polar surface area (TPSA) is 68.9 Å². The third kappa shape index (κ3) is 2.52. The van der Waals surface area contributed by atoms with Gasteiger partial charge in [-0.05, 0) is 18.2 Å². The number of pyridine rings is 1. The maximum atomic E-state index is 9.59. The summed E-state index contributed by atoms with van der Waals surface area (Å²) in [5.41, 5.74) is 1.25. The molecule has 0 bridgehead atoms. The lowest BCUT2D eigenvalue weighted by Crippen LogP contribution is -2.03. The molecule has 2 N–H and O–H groups in total. The monoisotopic (exact) mass is 225 g/mol. The number of aromatic nitrogens is 1. The molecule has 17 heavy (non-hydrogen) atoms. The standard InChI is InChI=1S/C13H11N3O/c14-8-10-5-3-7-15-13(10)16-9-11-4-1-2-6-12(11)17/h1-7,17H,9H2,(H,15,16). The van der Waals surface area contributed by atoms with Crippen molar-refractivity contribution in [1.29, 1.82) is 5.26 Å². The Labute approximate surface area is 99.2 Å². The molecule has 1 aromatic heterocycles. The molecule has 1 heterocycles. The second kappa shape index (κ2) is 4.99. The molecule has 0 spiro atoms. The third-order valence-corrected chi connectivity index (χ3v) is 2.37. The van der Waals surface area contributed by atoms with E-state index < -0.39 is 0 Å². The van der Waals surface area contributed by atoms with Crippen molar-refractivity contribution in [3.8, 4) is 11.8 Å². The highest BCUT2D eigenvalue weighted by Gasteiger charge is 2.03. The van der Waals surface area contributed by atoms with Crippen LogP contribution in [0.4, 0.5) is 5.82 Å². The van der Waals surface area contributed by atoms with Crippen LogP contribution in [0.1, 0.15) is 11.1 Å². The number of hydrogen-bond donors (Lipinski definition) is 2. The quantitative estimate of drug-likeness (QED) is 0.840. The first-order valence-corrected chi connectivity index (χ1v) is 5.17. The summed E-state index contributed by atoms with van der Waals surface area (Å²) in [7, 11) is 0. The predicted molar refractivity (Wildman–Crippen MR) is 64.4 cm³/mol. The van der Waals surface area contributed by atoms with E-state index in [0.29, 0.717) is 17.9 Å². The highest BCUT2D eigenvalue weighted by Crippen LogP contribution is 2.18. The van der Waals surface area contributed by atoms with Crippen LogP contribution in [0, 0.1) is 11.3 Å². The van der Waals surface area contributed by atoms with Crippen molar-refractivity contribution >= 4 is 5.82 Å². The zero-order valence-electron chi connectivity index (χ0n) is 9.09. The first-order valence-electron chi connectivity index (χ1n) is 5.17. The van der Waals surface area contributed by atoms with Crippen LogP contribution in [0.3, 0.4) is 0 Å². The number of anilines is 1. The van der Waals surface area contributed by atoms with Crippen molar-refractivity contribution in [2.24, 2.45) is 0 Å². The van der Waals surface area contributed by atoms with Gasteiger partial charge in [0.15, 0.2) is 0 Å². The fraction of sp³-hybridized carbons (Fsp3) is 0.0769. The molecule has 0 aliphatic rings. The first-order chi connectivity index (χ1) is 8.31. The molecular weight excluding hydrogens is 214 g/mol. The van der Waals surface area contributed by atoms with Gasteiger partial charge in [0.2, 0.25) is 0 Å². The van der Waals surface area contributed by atoms with E-state index >= 15 is 0 Å². The van der Waals surface area contributed by atoms with Crippen molar-refractivity contribution in [3.63, 3.8) is 0 Å². The van der Waals surface area contributed by atoms with Crippen molar-refractivity contribution in [2.75, 3.05) is 5.32 Å². The van der Waals surface area contributed by atoms with Crippen molar-refractivity contribution in [2.45, 2.75) is 6.54 Å². The summed E-state index contributed by atoms with van der Waals surface area (Å²) < 4.78 is 0. The van der Waals surface area contributed by atoms with Crippen LogP contribution in [-0.2, 0) is 6.54 Å². The molecule has 0 aliphatic heterocycles. The Balaban J connectivity index is 2.13. The van der Waals surface area contributed by atoms with Crippen LogP contribution in [0.5, 0.6) is 5.75 Å². The Morgan fingerprint density at radius 3 is 2.82 bits per heavy atom. The average Bonchev–Trinajstić information content (AvgIpc) is 2.38. The number of phenolic OH excluding ortho intramolecular Hbond substituents is 1. The molecule has 84 valence electrons. The van der Waals surface area contributed by atoms with Crippen molar-refractivity contribution in [3.05, 3.63) is 53.7 Å². The lowest BCUT2D eigenvalue weighted by atomic mass is 10.2. The number of para-hydroxylation sites is 1. The average molecular weight is 225 g/mol. The normalized spacial score (nSPS) is 9.59. The minimum Gasteiger partial charge on any atom is -0.508 e. The van der Waals surface area contributed by atoms with Gasteiger partial charge in [-0.15, -0.1) is 0 Å². The Hall–Kier alpha value is -2.54. The van der Waals surface area contributed by atoms with Gasteiger partial charge in [-0.3, -0.25) is 0 Å². The molecule has 0 atom stereocenters. The number of nitrogens with one attached hydrogen (secondary N) is 1. The molecule has 4 nitrogen and oxygen atoms in total. The maximum absolute atomic E-state index is 9.59. The number of nitriles is 1. The van der Waals surface area contributed by atoms with E-state index in [9.17, 15) is 5.11 Å². The molecule has 1 aromatic carbocycles. The molecule has 4 heteroatoms. The largest absolute Gasteiger partial charge is 0.508 e. The van der Waals surface area contributed by atoms with Gasteiger partial charge in [0.25, 0.3) is 0 Å². The summed E-state index contributed by atoms with van der Waals surface area (Å²) in [6, 6.07) is 12.5. The maximum Gasteiger partial charge on any atom is 0.144 e. The molecule has 0 radical (unpaired) electrons. The minimum absolute atomic E-state index is 0.231. The highest BCUT2D eigenvalue weighted by molar-refractivity contribution is 5.51. The SMILES string of the molecule is N#Cc1cccnc1NCc1ccccc1O. The van der Waals surface area contributed by atoms with E-state index in [1.54, 1.807) is 30.5 Å². The Bertz CT molecular complexity index is 561. The molecule has 0 saturated carbocycles. The van der Waals surface area contributed by atoms with Gasteiger partial charge in [0.1, 0.15) is 17.6 Å². The second-order valence-corrected chi connectivity index (χ2v) is 3.49. The number of rotatable bonds is 3. The number of benzene rings is 1. The fourth-order valence-corrected chi connectivity index (χ4v) is 1.48. The Morgan fingerprint density at radius 1 is 1.24 bits per heavy atom. The van der Waals surface area contributed by atoms with Gasteiger partial charge in [-0.1, -0.05) is 18.2 Å². The molecule has 0 amide bonds. The molecule has 0 fully saturated rings. The van der Waals surface area contributed by atoms with Crippen LogP contribution >= 0.6 is 0 Å². The molecule has 0 unspecified atom stereocenters. The number of hydrogen-bond acceptors (Lipinski definition) is 4. The summed E-state index contributed by atoms with van der Waals surface area (Å²) in [6.45, 7) is 0.429. The van der Waals surface area contributed by atoms with Crippen molar-refractivity contribution in [1.82, 2.24) is 4.98 Å². The fourth-order valence-electron chi connectivity index (χ4n) is 1.48. The van der Waals surface area contributed by atoms with Gasteiger partial charge >= 0.3 is 0 Å². The van der Waals surface area contributed by atoms with Gasteiger partial charge in [-0.25, -0.2) is 4.98 Å². The zero-order chi connectivity index (χ0) is 12.1. The lowest BCUT2D eigenvalue weighted by molar-refractivity contribution is 0.469. The summed E-state index contributed by atoms with van der Waals surface area (Å²) in [5, 5.41) is 21.5. The van der Waals surface area contributed by atoms with Gasteiger partial charge in [-0.2, -0.15) is 5.26 Å². The van der Waals surface area contributed by atoms with Crippen molar-refractivity contribution < 1.29 is 5.11 Å². The number of phenols is 1. The zero-order valence-corrected chi connectivity index (χ0v) is 9.09. The lowest BCUT2D eigenvalue weighted by Gasteiger charge is -2.08. The summed E-state index contributed by atoms with van der Waals surface area (Å²) in [5.74, 6) is 0.757. The van der Waals surface area contributed by atoms with Crippen LogP contribution in [0.15, 0.2) is 42.6 Å². The molecule has 0 saturated heterocycles. The molecule has 0 aliphatic carbocycles. The van der Waals surface area contributed by atoms with Crippen LogP contribution in [0.2, 0.25) is 0 Å². The predicted octanol–water partition coefficient (Wildman–Crippen LogP) is 2.27.